The van der Waals surface area contributed by atoms with Gasteiger partial charge in [0, 0.05) is 4.47 Å². The third-order valence-electron chi connectivity index (χ3n) is 3.94. The van der Waals surface area contributed by atoms with E-state index in [2.05, 4.69) is 37.0 Å². The molecule has 2 aromatic rings. The van der Waals surface area contributed by atoms with Crippen LogP contribution in [0.2, 0.25) is 0 Å². The van der Waals surface area contributed by atoms with Gasteiger partial charge in [-0.1, -0.05) is 18.2 Å². The van der Waals surface area contributed by atoms with E-state index in [4.69, 9.17) is 9.47 Å². The molecule has 1 heterocycles. The molecule has 26 heavy (non-hydrogen) atoms. The molecule has 0 bridgehead atoms. The Balaban J connectivity index is 2.05. The molecule has 0 saturated heterocycles. The van der Waals surface area contributed by atoms with E-state index in [0.717, 1.165) is 15.7 Å². The molecule has 2 aromatic carbocycles. The second-order valence-corrected chi connectivity index (χ2v) is 7.11. The lowest BCUT2D eigenvalue weighted by Gasteiger charge is -2.14. The average molecular weight is 480 g/mol. The van der Waals surface area contributed by atoms with Crippen molar-refractivity contribution in [3.05, 3.63) is 56.5 Å². The maximum atomic E-state index is 12.9. The second kappa shape index (κ2) is 7.63. The Bertz CT molecular complexity index is 924. The summed E-state index contributed by atoms with van der Waals surface area (Å²) in [6.45, 7) is 1.82. The van der Waals surface area contributed by atoms with Gasteiger partial charge in [-0.05, 0) is 68.6 Å². The molecule has 1 aliphatic heterocycles. The predicted octanol–water partition coefficient (Wildman–Crippen LogP) is 5.03. The molecule has 0 spiro atoms. The van der Waals surface area contributed by atoms with Crippen molar-refractivity contribution in [2.24, 2.45) is 5.10 Å². The highest BCUT2D eigenvalue weighted by molar-refractivity contribution is 9.13. The summed E-state index contributed by atoms with van der Waals surface area (Å²) in [5, 5.41) is 5.80. The fourth-order valence-corrected chi connectivity index (χ4v) is 3.63. The Morgan fingerprint density at radius 3 is 2.38 bits per heavy atom. The van der Waals surface area contributed by atoms with E-state index < -0.39 is 0 Å². The van der Waals surface area contributed by atoms with E-state index in [1.54, 1.807) is 20.3 Å². The smallest absolute Gasteiger partial charge is 0.280 e. The van der Waals surface area contributed by atoms with Crippen molar-refractivity contribution >= 4 is 55.2 Å². The van der Waals surface area contributed by atoms with Crippen LogP contribution in [0.15, 0.2) is 56.0 Å². The van der Waals surface area contributed by atoms with Crippen LogP contribution in [-0.4, -0.2) is 25.8 Å². The number of rotatable bonds is 4. The Kier molecular flexibility index (Phi) is 5.48. The molecule has 1 aliphatic rings. The number of carbonyl (C=O) groups is 1. The highest BCUT2D eigenvalue weighted by atomic mass is 79.9. The van der Waals surface area contributed by atoms with Crippen molar-refractivity contribution in [1.82, 2.24) is 0 Å². The molecule has 1 amide bonds. The molecule has 0 aliphatic carbocycles. The standard InChI is InChI=1S/C19H16Br2N2O3/c1-11-14(19(24)23(22-11)13-7-5-4-6-8-13)9-12-10-15(25-2)18(26-3)17(21)16(12)20/h4-10H,1-3H3/b14-9+. The maximum absolute atomic E-state index is 12.9. The van der Waals surface area contributed by atoms with E-state index in [0.29, 0.717) is 27.3 Å². The number of ether oxygens (including phenoxy) is 2. The van der Waals surface area contributed by atoms with Crippen LogP contribution >= 0.6 is 31.9 Å². The summed E-state index contributed by atoms with van der Waals surface area (Å²) in [4.78, 5) is 12.9. The number of carbonyl (C=O) groups excluding carboxylic acids is 1. The van der Waals surface area contributed by atoms with Crippen molar-refractivity contribution in [3.8, 4) is 11.5 Å². The van der Waals surface area contributed by atoms with Gasteiger partial charge in [0.1, 0.15) is 0 Å². The number of hydrazone groups is 1. The van der Waals surface area contributed by atoms with Gasteiger partial charge in [0.05, 0.1) is 35.7 Å². The van der Waals surface area contributed by atoms with Crippen molar-refractivity contribution in [3.63, 3.8) is 0 Å². The zero-order valence-electron chi connectivity index (χ0n) is 14.4. The van der Waals surface area contributed by atoms with Crippen molar-refractivity contribution < 1.29 is 14.3 Å². The number of halogens is 2. The number of nitrogens with zero attached hydrogens (tertiary/aromatic N) is 2. The van der Waals surface area contributed by atoms with E-state index in [1.165, 1.54) is 5.01 Å². The molecule has 134 valence electrons. The van der Waals surface area contributed by atoms with Gasteiger partial charge in [-0.2, -0.15) is 10.1 Å². The number of methoxy groups -OCH3 is 2. The monoisotopic (exact) mass is 478 g/mol. The molecule has 3 rings (SSSR count). The zero-order valence-corrected chi connectivity index (χ0v) is 17.6. The summed E-state index contributed by atoms with van der Waals surface area (Å²) in [7, 11) is 3.14. The fraction of sp³-hybridized carbons (Fsp3) is 0.158. The summed E-state index contributed by atoms with van der Waals surface area (Å²) >= 11 is 7.05. The molecular weight excluding hydrogens is 464 g/mol. The van der Waals surface area contributed by atoms with Crippen molar-refractivity contribution in [2.45, 2.75) is 6.92 Å². The minimum absolute atomic E-state index is 0.175. The maximum Gasteiger partial charge on any atom is 0.280 e. The molecule has 7 heteroatoms. The van der Waals surface area contributed by atoms with Crippen LogP contribution in [0.3, 0.4) is 0 Å². The topological polar surface area (TPSA) is 51.1 Å². The highest BCUT2D eigenvalue weighted by Crippen LogP contribution is 2.43. The molecule has 0 atom stereocenters. The number of para-hydroxylation sites is 1. The SMILES string of the molecule is COc1cc(/C=C2/C(=O)N(c3ccccc3)N=C2C)c(Br)c(Br)c1OC. The number of hydrogen-bond donors (Lipinski definition) is 0. The van der Waals surface area contributed by atoms with Gasteiger partial charge in [0.15, 0.2) is 11.5 Å². The van der Waals surface area contributed by atoms with Crippen LogP contribution in [0.4, 0.5) is 5.69 Å². The molecule has 5 nitrogen and oxygen atoms in total. The van der Waals surface area contributed by atoms with Crippen LogP contribution in [-0.2, 0) is 4.79 Å². The summed E-state index contributed by atoms with van der Waals surface area (Å²) in [5.41, 5.74) is 2.68. The van der Waals surface area contributed by atoms with Gasteiger partial charge < -0.3 is 9.47 Å². The van der Waals surface area contributed by atoms with Gasteiger partial charge in [-0.3, -0.25) is 4.79 Å². The van der Waals surface area contributed by atoms with Gasteiger partial charge in [-0.25, -0.2) is 0 Å². The average Bonchev–Trinajstić information content (AvgIpc) is 2.94. The summed E-state index contributed by atoms with van der Waals surface area (Å²) in [5.74, 6) is 0.969. The summed E-state index contributed by atoms with van der Waals surface area (Å²) in [6, 6.07) is 11.2. The zero-order chi connectivity index (χ0) is 18.8. The Morgan fingerprint density at radius 1 is 1.08 bits per heavy atom. The lowest BCUT2D eigenvalue weighted by Crippen LogP contribution is -2.21. The first kappa shape index (κ1) is 18.7. The van der Waals surface area contributed by atoms with Crippen LogP contribution in [0, 0.1) is 0 Å². The summed E-state index contributed by atoms with van der Waals surface area (Å²) in [6.07, 6.45) is 1.79. The van der Waals surface area contributed by atoms with Crippen LogP contribution in [0.25, 0.3) is 6.08 Å². The highest BCUT2D eigenvalue weighted by Gasteiger charge is 2.29. The third kappa shape index (κ3) is 3.29. The Hall–Kier alpha value is -2.12. The minimum Gasteiger partial charge on any atom is -0.493 e. The first-order chi connectivity index (χ1) is 12.5. The van der Waals surface area contributed by atoms with E-state index >= 15 is 0 Å². The predicted molar refractivity (Wildman–Crippen MR) is 110 cm³/mol. The first-order valence-electron chi connectivity index (χ1n) is 7.74. The largest absolute Gasteiger partial charge is 0.493 e. The van der Waals surface area contributed by atoms with Crippen LogP contribution < -0.4 is 14.5 Å². The van der Waals surface area contributed by atoms with Crippen molar-refractivity contribution in [2.75, 3.05) is 19.2 Å². The summed E-state index contributed by atoms with van der Waals surface area (Å²) < 4.78 is 12.2. The molecular formula is C19H16Br2N2O3. The Labute approximate surface area is 168 Å². The van der Waals surface area contributed by atoms with E-state index in [1.807, 2.05) is 43.3 Å². The van der Waals surface area contributed by atoms with Crippen LogP contribution in [0.5, 0.6) is 11.5 Å². The molecule has 0 unspecified atom stereocenters. The third-order valence-corrected chi connectivity index (χ3v) is 6.09. The first-order valence-corrected chi connectivity index (χ1v) is 9.33. The second-order valence-electron chi connectivity index (χ2n) is 5.53. The van der Waals surface area contributed by atoms with E-state index in [9.17, 15) is 4.79 Å². The van der Waals surface area contributed by atoms with Crippen LogP contribution in [0.1, 0.15) is 12.5 Å². The number of benzene rings is 2. The van der Waals surface area contributed by atoms with Crippen molar-refractivity contribution in [1.29, 1.82) is 0 Å². The lowest BCUT2D eigenvalue weighted by molar-refractivity contribution is -0.114. The molecule has 0 aromatic heterocycles. The fourth-order valence-electron chi connectivity index (χ4n) is 2.64. The van der Waals surface area contributed by atoms with Gasteiger partial charge in [0.2, 0.25) is 0 Å². The molecule has 0 saturated carbocycles. The molecule has 0 radical (unpaired) electrons. The molecule has 0 N–H and O–H groups in total. The minimum atomic E-state index is -0.175. The lowest BCUT2D eigenvalue weighted by atomic mass is 10.1. The normalized spacial score (nSPS) is 15.4. The van der Waals surface area contributed by atoms with Gasteiger partial charge in [0.25, 0.3) is 5.91 Å². The van der Waals surface area contributed by atoms with E-state index in [-0.39, 0.29) is 5.91 Å². The quantitative estimate of drug-likeness (QED) is 0.577. The van der Waals surface area contributed by atoms with Gasteiger partial charge in [-0.15, -0.1) is 0 Å². The number of amides is 1. The number of hydrogen-bond acceptors (Lipinski definition) is 4. The molecule has 0 fully saturated rings. The van der Waals surface area contributed by atoms with Gasteiger partial charge >= 0.3 is 0 Å². The Morgan fingerprint density at radius 2 is 1.77 bits per heavy atom. The number of anilines is 1.